The van der Waals surface area contributed by atoms with Gasteiger partial charge in [-0.15, -0.1) is 0 Å². The molecule has 2 aliphatic carbocycles. The first kappa shape index (κ1) is 40.3. The van der Waals surface area contributed by atoms with Gasteiger partial charge >= 0.3 is 6.03 Å². The number of benzene rings is 4. The van der Waals surface area contributed by atoms with Crippen LogP contribution >= 0.6 is 0 Å². The first-order valence-electron chi connectivity index (χ1n) is 16.6. The fourth-order valence-electron chi connectivity index (χ4n) is 5.63. The van der Waals surface area contributed by atoms with Gasteiger partial charge in [-0.25, -0.2) is 4.79 Å². The number of hydrogen-bond acceptors (Lipinski definition) is 13. The van der Waals surface area contributed by atoms with E-state index in [1.807, 2.05) is 0 Å². The molecule has 21 heteroatoms. The van der Waals surface area contributed by atoms with E-state index in [9.17, 15) is 49.9 Å². The van der Waals surface area contributed by atoms with Gasteiger partial charge in [0.05, 0.1) is 11.4 Å². The molecular weight excluding hydrogens is 797 g/mol. The predicted octanol–water partition coefficient (Wildman–Crippen LogP) is 5.03. The second-order valence-electron chi connectivity index (χ2n) is 12.5. The van der Waals surface area contributed by atoms with Crippen LogP contribution in [0.5, 0.6) is 0 Å². The van der Waals surface area contributed by atoms with Crippen LogP contribution in [0.1, 0.15) is 45.7 Å². The Bertz CT molecular complexity index is 2590. The quantitative estimate of drug-likeness (QED) is 0.0770. The molecule has 4 aromatic carbocycles. The molecule has 58 heavy (non-hydrogen) atoms. The Labute approximate surface area is 329 Å². The largest absolute Gasteiger partial charge is 0.326 e. The number of fused-ring (bicyclic) bond motifs is 2. The summed E-state index contributed by atoms with van der Waals surface area (Å²) in [5, 5.41) is 18.1. The number of urea groups is 1. The highest BCUT2D eigenvalue weighted by molar-refractivity contribution is 7.91. The summed E-state index contributed by atoms with van der Waals surface area (Å²) < 4.78 is 69.3. The molecule has 0 atom stereocenters. The molecule has 0 fully saturated rings. The zero-order valence-electron chi connectivity index (χ0n) is 30.0. The maximum Gasteiger partial charge on any atom is 0.323 e. The fraction of sp³-hybridized carbons (Fsp3) is 0.0541. The number of nitrogens with one attached hydrogen (secondary N) is 6. The van der Waals surface area contributed by atoms with E-state index < -0.39 is 59.1 Å². The number of rotatable bonds is 10. The summed E-state index contributed by atoms with van der Waals surface area (Å²) in [6.45, 7) is 2.67. The molecule has 6 rings (SSSR count). The third kappa shape index (κ3) is 9.37. The summed E-state index contributed by atoms with van der Waals surface area (Å²) in [7, 11) is -9.97. The van der Waals surface area contributed by atoms with Crippen LogP contribution in [0, 0.1) is 0 Å². The summed E-state index contributed by atoms with van der Waals surface area (Å²) in [5.74, 6) is -2.29. The van der Waals surface area contributed by atoms with Crippen LogP contribution in [0.4, 0.5) is 38.9 Å². The van der Waals surface area contributed by atoms with Crippen LogP contribution in [0.2, 0.25) is 0 Å². The summed E-state index contributed by atoms with van der Waals surface area (Å²) in [5.41, 5.74) is 5.75. The third-order valence-electron chi connectivity index (χ3n) is 8.14. The first-order valence-corrected chi connectivity index (χ1v) is 19.5. The number of anilines is 6. The van der Waals surface area contributed by atoms with Crippen LogP contribution in [0.25, 0.3) is 12.2 Å². The highest BCUT2D eigenvalue weighted by Crippen LogP contribution is 2.30. The number of hydrogen-bond donors (Lipinski definition) is 8. The lowest BCUT2D eigenvalue weighted by atomic mass is 9.94. The maximum atomic E-state index is 13.4. The van der Waals surface area contributed by atoms with Crippen molar-refractivity contribution in [3.63, 3.8) is 0 Å². The molecule has 0 aromatic heterocycles. The molecule has 2 aliphatic rings. The van der Waals surface area contributed by atoms with Crippen LogP contribution in [-0.4, -0.2) is 66.8 Å². The normalized spacial score (nSPS) is 15.0. The van der Waals surface area contributed by atoms with E-state index in [0.29, 0.717) is 22.7 Å². The number of carbonyl (C=O) groups excluding carboxylic acids is 5. The minimum atomic E-state index is -4.98. The Morgan fingerprint density at radius 1 is 0.500 bits per heavy atom. The van der Waals surface area contributed by atoms with Gasteiger partial charge in [0.1, 0.15) is 9.81 Å². The van der Waals surface area contributed by atoms with E-state index in [1.54, 1.807) is 24.3 Å². The summed E-state index contributed by atoms with van der Waals surface area (Å²) in [6.07, 6.45) is 2.01. The molecule has 0 spiro atoms. The molecule has 0 unspecified atom stereocenters. The fourth-order valence-corrected chi connectivity index (χ4v) is 6.95. The number of ketones is 2. The maximum absolute atomic E-state index is 13.4. The summed E-state index contributed by atoms with van der Waals surface area (Å²) in [6, 6.07) is 19.3. The van der Waals surface area contributed by atoms with Gasteiger partial charge in [-0.3, -0.25) is 39.1 Å². The lowest BCUT2D eigenvalue weighted by molar-refractivity contribution is -0.115. The monoisotopic (exact) mass is 826 g/mol. The number of hydrazone groups is 2. The minimum absolute atomic E-state index is 0.00123. The molecule has 296 valence electrons. The summed E-state index contributed by atoms with van der Waals surface area (Å²) in [4.78, 5) is 60.7. The number of nitrogens with zero attached hydrogens (tertiary/aromatic N) is 2. The van der Waals surface area contributed by atoms with E-state index in [4.69, 9.17) is 0 Å². The van der Waals surface area contributed by atoms with Crippen LogP contribution in [-0.2, 0) is 29.8 Å². The van der Waals surface area contributed by atoms with E-state index >= 15 is 0 Å². The van der Waals surface area contributed by atoms with Gasteiger partial charge in [-0.05, 0) is 108 Å². The van der Waals surface area contributed by atoms with Crippen LogP contribution in [0.15, 0.2) is 105 Å². The molecule has 4 amide bonds. The predicted molar refractivity (Wildman–Crippen MR) is 217 cm³/mol. The lowest BCUT2D eigenvalue weighted by Crippen LogP contribution is -2.27. The highest BCUT2D eigenvalue weighted by atomic mass is 32.2. The highest BCUT2D eigenvalue weighted by Gasteiger charge is 2.34. The SMILES string of the molecule is CC(=O)Nc1ccc(N/N=C2/C(=O)c3ccc(NC(=O)Nc4ccc5c(c4)C=C(S(=O)(=O)O)/C(=N\Nc4ccc(NC(C)=O)cc4)C5=O)cc3C=C2S(=O)(=O)O)cc1. The Morgan fingerprint density at radius 2 is 0.828 bits per heavy atom. The Hall–Kier alpha value is -7.33. The lowest BCUT2D eigenvalue weighted by Gasteiger charge is -2.18. The van der Waals surface area contributed by atoms with Crippen molar-refractivity contribution >= 4 is 107 Å². The molecule has 0 saturated heterocycles. The molecule has 4 aromatic rings. The minimum Gasteiger partial charge on any atom is -0.326 e. The van der Waals surface area contributed by atoms with Crippen molar-refractivity contribution in [2.45, 2.75) is 13.8 Å². The van der Waals surface area contributed by atoms with E-state index in [0.717, 1.165) is 12.2 Å². The number of allylic oxidation sites excluding steroid dienone is 2. The Morgan fingerprint density at radius 3 is 1.16 bits per heavy atom. The molecule has 0 radical (unpaired) electrons. The molecule has 0 aliphatic heterocycles. The summed E-state index contributed by atoms with van der Waals surface area (Å²) >= 11 is 0. The van der Waals surface area contributed by atoms with Gasteiger partial charge in [0.25, 0.3) is 20.2 Å². The zero-order valence-corrected chi connectivity index (χ0v) is 31.7. The van der Waals surface area contributed by atoms with Crippen LogP contribution in [0.3, 0.4) is 0 Å². The van der Waals surface area contributed by atoms with Crippen LogP contribution < -0.4 is 32.1 Å². The van der Waals surface area contributed by atoms with Crippen molar-refractivity contribution in [2.24, 2.45) is 10.2 Å². The second kappa shape index (κ2) is 16.0. The second-order valence-corrected chi connectivity index (χ2v) is 15.3. The average molecular weight is 827 g/mol. The molecule has 0 saturated carbocycles. The third-order valence-corrected chi connectivity index (χ3v) is 9.87. The molecule has 0 bridgehead atoms. The Kier molecular flexibility index (Phi) is 11.1. The van der Waals surface area contributed by atoms with Gasteiger partial charge < -0.3 is 21.3 Å². The van der Waals surface area contributed by atoms with Gasteiger partial charge in [-0.2, -0.15) is 27.0 Å². The van der Waals surface area contributed by atoms with Gasteiger partial charge in [0.2, 0.25) is 23.4 Å². The standard InChI is InChI=1S/C37H30N8O11S2/c1-19(46)38-23-3-7-25(8-4-23)42-44-33-31(57(51,52)53)17-21-15-27(11-13-29(21)35(33)48)40-37(50)41-28-12-14-30-22(16-28)18-32(58(54,55)56)34(36(30)49)45-43-26-9-5-24(6-10-26)39-20(2)47/h3-18,42-43H,1-2H3,(H,38,46)(H,39,47)(H2,40,41,50)(H,51,52,53)(H,54,55,56)/b44-33+,45-34+. The molecule has 8 N–H and O–H groups in total. The average Bonchev–Trinajstić information content (AvgIpc) is 3.13. The molecule has 19 nitrogen and oxygen atoms in total. The topological polar surface area (TPSA) is 291 Å². The smallest absolute Gasteiger partial charge is 0.323 e. The van der Waals surface area contributed by atoms with Crippen molar-refractivity contribution < 1.29 is 49.9 Å². The van der Waals surface area contributed by atoms with E-state index in [-0.39, 0.29) is 45.4 Å². The first-order chi connectivity index (χ1) is 27.3. The van der Waals surface area contributed by atoms with Gasteiger partial charge in [0.15, 0.2) is 11.4 Å². The van der Waals surface area contributed by atoms with Gasteiger partial charge in [0, 0.05) is 47.7 Å². The van der Waals surface area contributed by atoms with Crippen molar-refractivity contribution in [1.82, 2.24) is 0 Å². The van der Waals surface area contributed by atoms with Crippen molar-refractivity contribution in [3.05, 3.63) is 117 Å². The zero-order chi connectivity index (χ0) is 41.9. The van der Waals surface area contributed by atoms with Gasteiger partial charge in [-0.1, -0.05) is 0 Å². The molecule has 0 heterocycles. The van der Waals surface area contributed by atoms with Crippen molar-refractivity contribution in [3.8, 4) is 0 Å². The van der Waals surface area contributed by atoms with E-state index in [2.05, 4.69) is 42.3 Å². The van der Waals surface area contributed by atoms with E-state index in [1.165, 1.54) is 74.5 Å². The molecular formula is C37H30N8O11S2. The number of Topliss-reactive ketones (excluding diaryl/α,β-unsaturated/α-hetero) is 2. The number of carbonyl (C=O) groups is 5. The van der Waals surface area contributed by atoms with Crippen molar-refractivity contribution in [1.29, 1.82) is 0 Å². The van der Waals surface area contributed by atoms with Crippen molar-refractivity contribution in [2.75, 3.05) is 32.1 Å². The number of amides is 4. The Balaban J connectivity index is 1.18.